The number of thiazole rings is 1. The average molecular weight is 180 g/mol. The lowest BCUT2D eigenvalue weighted by atomic mass is 10.2. The number of nitrogens with zero attached hydrogens (tertiary/aromatic N) is 1. The Kier molecular flexibility index (Phi) is 3.78. The normalized spacial score (nSPS) is 12.3. The van der Waals surface area contributed by atoms with E-state index in [1.165, 1.54) is 0 Å². The molecule has 0 fully saturated rings. The standard InChI is InChI=1S/C9H12N2S/c1-3-4-5-10-8(2)9-6-12-7-11-9/h1,6-8,10H,4-5H2,2H3. The molecular formula is C9H12N2S. The minimum atomic E-state index is 0.310. The van der Waals surface area contributed by atoms with Crippen molar-refractivity contribution in [2.45, 2.75) is 19.4 Å². The molecule has 0 saturated heterocycles. The first kappa shape index (κ1) is 9.24. The Hall–Kier alpha value is -0.850. The van der Waals surface area contributed by atoms with E-state index in [1.54, 1.807) is 11.3 Å². The molecule has 1 aromatic heterocycles. The molecule has 64 valence electrons. The van der Waals surface area contributed by atoms with Gasteiger partial charge >= 0.3 is 0 Å². The summed E-state index contributed by atoms with van der Waals surface area (Å²) in [5.41, 5.74) is 2.94. The Morgan fingerprint density at radius 2 is 2.67 bits per heavy atom. The Morgan fingerprint density at radius 3 is 3.25 bits per heavy atom. The average Bonchev–Trinajstić information content (AvgIpc) is 2.56. The number of terminal acetylenes is 1. The van der Waals surface area contributed by atoms with Crippen molar-refractivity contribution in [2.75, 3.05) is 6.54 Å². The second-order valence-electron chi connectivity index (χ2n) is 2.54. The molecule has 1 heterocycles. The molecule has 1 unspecified atom stereocenters. The molecule has 1 N–H and O–H groups in total. The SMILES string of the molecule is C#CCCNC(C)c1cscn1. The van der Waals surface area contributed by atoms with Gasteiger partial charge in [0, 0.05) is 24.4 Å². The maximum atomic E-state index is 5.13. The summed E-state index contributed by atoms with van der Waals surface area (Å²) in [6.07, 6.45) is 5.90. The molecule has 2 nitrogen and oxygen atoms in total. The van der Waals surface area contributed by atoms with Crippen LogP contribution in [0.1, 0.15) is 25.1 Å². The molecule has 1 atom stereocenters. The van der Waals surface area contributed by atoms with Crippen LogP contribution in [0, 0.1) is 12.3 Å². The first-order valence-corrected chi connectivity index (χ1v) is 4.84. The van der Waals surface area contributed by atoms with Crippen LogP contribution in [0.25, 0.3) is 0 Å². The molecule has 0 aliphatic rings. The number of hydrogen-bond acceptors (Lipinski definition) is 3. The molecule has 3 heteroatoms. The predicted molar refractivity (Wildman–Crippen MR) is 52.0 cm³/mol. The van der Waals surface area contributed by atoms with Crippen LogP contribution in [-0.2, 0) is 0 Å². The number of rotatable bonds is 4. The third-order valence-electron chi connectivity index (χ3n) is 1.61. The van der Waals surface area contributed by atoms with E-state index < -0.39 is 0 Å². The lowest BCUT2D eigenvalue weighted by molar-refractivity contribution is 0.573. The van der Waals surface area contributed by atoms with E-state index in [0.29, 0.717) is 6.04 Å². The van der Waals surface area contributed by atoms with Crippen molar-refractivity contribution in [2.24, 2.45) is 0 Å². The minimum Gasteiger partial charge on any atom is -0.308 e. The van der Waals surface area contributed by atoms with E-state index >= 15 is 0 Å². The summed E-state index contributed by atoms with van der Waals surface area (Å²) < 4.78 is 0. The third-order valence-corrected chi connectivity index (χ3v) is 2.22. The zero-order valence-electron chi connectivity index (χ0n) is 7.08. The molecule has 0 radical (unpaired) electrons. The molecule has 0 aliphatic carbocycles. The van der Waals surface area contributed by atoms with Crippen molar-refractivity contribution < 1.29 is 0 Å². The van der Waals surface area contributed by atoms with Gasteiger partial charge in [0.25, 0.3) is 0 Å². The molecule has 0 aromatic carbocycles. The van der Waals surface area contributed by atoms with E-state index in [1.807, 2.05) is 10.9 Å². The van der Waals surface area contributed by atoms with E-state index in [4.69, 9.17) is 6.42 Å². The summed E-state index contributed by atoms with van der Waals surface area (Å²) in [6.45, 7) is 2.95. The lowest BCUT2D eigenvalue weighted by Gasteiger charge is -2.08. The van der Waals surface area contributed by atoms with Crippen molar-refractivity contribution >= 4 is 11.3 Å². The van der Waals surface area contributed by atoms with Gasteiger partial charge in [-0.2, -0.15) is 0 Å². The number of aromatic nitrogens is 1. The fourth-order valence-electron chi connectivity index (χ4n) is 0.901. The van der Waals surface area contributed by atoms with E-state index in [-0.39, 0.29) is 0 Å². The fourth-order valence-corrected chi connectivity index (χ4v) is 1.55. The molecule has 1 rings (SSSR count). The summed E-state index contributed by atoms with van der Waals surface area (Å²) in [4.78, 5) is 4.20. The van der Waals surface area contributed by atoms with E-state index in [2.05, 4.69) is 23.1 Å². The highest BCUT2D eigenvalue weighted by Gasteiger charge is 2.04. The van der Waals surface area contributed by atoms with Crippen LogP contribution in [0.2, 0.25) is 0 Å². The highest BCUT2D eigenvalue weighted by atomic mass is 32.1. The van der Waals surface area contributed by atoms with Crippen molar-refractivity contribution in [3.63, 3.8) is 0 Å². The third kappa shape index (κ3) is 2.65. The van der Waals surface area contributed by atoms with Gasteiger partial charge in [-0.05, 0) is 6.92 Å². The predicted octanol–water partition coefficient (Wildman–Crippen LogP) is 1.82. The summed E-state index contributed by atoms with van der Waals surface area (Å²) in [5, 5.41) is 5.34. The Labute approximate surface area is 77.0 Å². The van der Waals surface area contributed by atoms with Crippen molar-refractivity contribution in [3.05, 3.63) is 16.6 Å². The van der Waals surface area contributed by atoms with Gasteiger partial charge in [0.15, 0.2) is 0 Å². The zero-order chi connectivity index (χ0) is 8.81. The topological polar surface area (TPSA) is 24.9 Å². The van der Waals surface area contributed by atoms with Gasteiger partial charge in [0.05, 0.1) is 11.2 Å². The van der Waals surface area contributed by atoms with Crippen LogP contribution in [0.4, 0.5) is 0 Å². The largest absolute Gasteiger partial charge is 0.308 e. The van der Waals surface area contributed by atoms with E-state index in [9.17, 15) is 0 Å². The minimum absolute atomic E-state index is 0.310. The number of nitrogens with one attached hydrogen (secondary N) is 1. The van der Waals surface area contributed by atoms with Crippen LogP contribution in [0.3, 0.4) is 0 Å². The number of hydrogen-bond donors (Lipinski definition) is 1. The molecule has 1 aromatic rings. The summed E-state index contributed by atoms with van der Waals surface area (Å²) in [7, 11) is 0. The fraction of sp³-hybridized carbons (Fsp3) is 0.444. The monoisotopic (exact) mass is 180 g/mol. The highest BCUT2D eigenvalue weighted by Crippen LogP contribution is 2.11. The molecular weight excluding hydrogens is 168 g/mol. The highest BCUT2D eigenvalue weighted by molar-refractivity contribution is 7.07. The van der Waals surface area contributed by atoms with E-state index in [0.717, 1.165) is 18.7 Å². The second-order valence-corrected chi connectivity index (χ2v) is 3.26. The zero-order valence-corrected chi connectivity index (χ0v) is 7.90. The first-order valence-electron chi connectivity index (χ1n) is 3.89. The maximum absolute atomic E-state index is 5.13. The lowest BCUT2D eigenvalue weighted by Crippen LogP contribution is -2.19. The van der Waals surface area contributed by atoms with Gasteiger partial charge < -0.3 is 5.32 Å². The van der Waals surface area contributed by atoms with Crippen LogP contribution < -0.4 is 5.32 Å². The summed E-state index contributed by atoms with van der Waals surface area (Å²) >= 11 is 1.62. The van der Waals surface area contributed by atoms with Gasteiger partial charge in [0.1, 0.15) is 0 Å². The van der Waals surface area contributed by atoms with Crippen molar-refractivity contribution in [3.8, 4) is 12.3 Å². The van der Waals surface area contributed by atoms with Crippen LogP contribution in [0.5, 0.6) is 0 Å². The Bertz CT molecular complexity index is 248. The van der Waals surface area contributed by atoms with Gasteiger partial charge in [0.2, 0.25) is 0 Å². The first-order chi connectivity index (χ1) is 5.84. The maximum Gasteiger partial charge on any atom is 0.0795 e. The molecule has 0 saturated carbocycles. The van der Waals surface area contributed by atoms with Crippen LogP contribution in [-0.4, -0.2) is 11.5 Å². The van der Waals surface area contributed by atoms with Crippen LogP contribution >= 0.6 is 11.3 Å². The van der Waals surface area contributed by atoms with Crippen molar-refractivity contribution in [1.29, 1.82) is 0 Å². The molecule has 0 bridgehead atoms. The van der Waals surface area contributed by atoms with Gasteiger partial charge in [-0.15, -0.1) is 23.7 Å². The smallest absolute Gasteiger partial charge is 0.0795 e. The van der Waals surface area contributed by atoms with Gasteiger partial charge in [-0.3, -0.25) is 0 Å². The Balaban J connectivity index is 2.30. The summed E-state index contributed by atoms with van der Waals surface area (Å²) in [5.74, 6) is 2.59. The second kappa shape index (κ2) is 4.91. The summed E-state index contributed by atoms with van der Waals surface area (Å²) in [6, 6.07) is 0.310. The van der Waals surface area contributed by atoms with Gasteiger partial charge in [-0.25, -0.2) is 4.98 Å². The molecule has 0 aliphatic heterocycles. The van der Waals surface area contributed by atoms with Crippen LogP contribution in [0.15, 0.2) is 10.9 Å². The molecule has 12 heavy (non-hydrogen) atoms. The molecule has 0 spiro atoms. The molecule has 0 amide bonds. The van der Waals surface area contributed by atoms with Gasteiger partial charge in [-0.1, -0.05) is 0 Å². The Morgan fingerprint density at radius 1 is 1.83 bits per heavy atom. The van der Waals surface area contributed by atoms with Crippen molar-refractivity contribution in [1.82, 2.24) is 10.3 Å². The quantitative estimate of drug-likeness (QED) is 0.564.